The Hall–Kier alpha value is -0.820. The molecule has 1 aliphatic carbocycles. The van der Waals surface area contributed by atoms with E-state index in [4.69, 9.17) is 0 Å². The van der Waals surface area contributed by atoms with Gasteiger partial charge in [-0.2, -0.15) is 0 Å². The van der Waals surface area contributed by atoms with Gasteiger partial charge in [-0.3, -0.25) is 0 Å². The number of nitrogens with one attached hydrogen (secondary N) is 1. The molecule has 112 valence electrons. The predicted molar refractivity (Wildman–Crippen MR) is 88.1 cm³/mol. The van der Waals surface area contributed by atoms with Crippen LogP contribution in [-0.2, 0) is 5.41 Å². The van der Waals surface area contributed by atoms with Crippen LogP contribution in [0, 0.1) is 5.92 Å². The summed E-state index contributed by atoms with van der Waals surface area (Å²) in [4.78, 5) is 0. The molecule has 2 rings (SSSR count). The molecule has 0 saturated heterocycles. The average molecular weight is 273 g/mol. The minimum absolute atomic E-state index is 0.364. The predicted octanol–water partition coefficient (Wildman–Crippen LogP) is 4.91. The summed E-state index contributed by atoms with van der Waals surface area (Å²) in [7, 11) is 2.16. The minimum atomic E-state index is 0.364. The Bertz CT molecular complexity index is 376. The molecule has 0 aromatic heterocycles. The first-order valence-electron chi connectivity index (χ1n) is 8.42. The SMILES string of the molecule is CNC(CCC(C)C)C1(c2ccccc2)CCCCC1. The summed E-state index contributed by atoms with van der Waals surface area (Å²) >= 11 is 0. The zero-order valence-electron chi connectivity index (χ0n) is 13.5. The van der Waals surface area contributed by atoms with Crippen LogP contribution in [0.15, 0.2) is 30.3 Å². The van der Waals surface area contributed by atoms with E-state index in [0.29, 0.717) is 11.5 Å². The van der Waals surface area contributed by atoms with Crippen LogP contribution in [0.25, 0.3) is 0 Å². The summed E-state index contributed by atoms with van der Waals surface area (Å²) in [6, 6.07) is 11.9. The molecule has 1 nitrogen and oxygen atoms in total. The fraction of sp³-hybridized carbons (Fsp3) is 0.684. The molecule has 1 unspecified atom stereocenters. The van der Waals surface area contributed by atoms with Crippen LogP contribution in [0.2, 0.25) is 0 Å². The van der Waals surface area contributed by atoms with Gasteiger partial charge in [0.1, 0.15) is 0 Å². The maximum Gasteiger partial charge on any atom is 0.0161 e. The molecule has 1 saturated carbocycles. The lowest BCUT2D eigenvalue weighted by molar-refractivity contribution is 0.204. The van der Waals surface area contributed by atoms with Gasteiger partial charge < -0.3 is 5.32 Å². The van der Waals surface area contributed by atoms with Crippen molar-refractivity contribution >= 4 is 0 Å². The second-order valence-corrected chi connectivity index (χ2v) is 6.90. The van der Waals surface area contributed by atoms with Crippen LogP contribution in [0.3, 0.4) is 0 Å². The summed E-state index contributed by atoms with van der Waals surface area (Å²) in [6.07, 6.45) is 9.49. The highest BCUT2D eigenvalue weighted by Gasteiger charge is 2.40. The maximum absolute atomic E-state index is 3.67. The lowest BCUT2D eigenvalue weighted by Crippen LogP contribution is -2.48. The Labute approximate surface area is 125 Å². The fourth-order valence-electron chi connectivity index (χ4n) is 3.99. The van der Waals surface area contributed by atoms with Gasteiger partial charge in [0.05, 0.1) is 0 Å². The second kappa shape index (κ2) is 7.26. The van der Waals surface area contributed by atoms with Crippen LogP contribution in [0.4, 0.5) is 0 Å². The third-order valence-electron chi connectivity index (χ3n) is 5.14. The van der Waals surface area contributed by atoms with Crippen molar-refractivity contribution in [1.82, 2.24) is 5.32 Å². The zero-order chi connectivity index (χ0) is 14.4. The molecular formula is C19H31N. The van der Waals surface area contributed by atoms with Crippen molar-refractivity contribution in [2.75, 3.05) is 7.05 Å². The Morgan fingerprint density at radius 3 is 2.20 bits per heavy atom. The van der Waals surface area contributed by atoms with Crippen molar-refractivity contribution in [3.05, 3.63) is 35.9 Å². The van der Waals surface area contributed by atoms with Crippen LogP contribution in [-0.4, -0.2) is 13.1 Å². The highest BCUT2D eigenvalue weighted by atomic mass is 14.9. The zero-order valence-corrected chi connectivity index (χ0v) is 13.5. The molecule has 1 aliphatic rings. The Morgan fingerprint density at radius 2 is 1.65 bits per heavy atom. The molecule has 0 radical (unpaired) electrons. The van der Waals surface area contributed by atoms with E-state index in [2.05, 4.69) is 56.5 Å². The van der Waals surface area contributed by atoms with E-state index in [1.54, 1.807) is 5.56 Å². The topological polar surface area (TPSA) is 12.0 Å². The molecule has 0 spiro atoms. The van der Waals surface area contributed by atoms with Gasteiger partial charge >= 0.3 is 0 Å². The van der Waals surface area contributed by atoms with Gasteiger partial charge in [0.15, 0.2) is 0 Å². The lowest BCUT2D eigenvalue weighted by Gasteiger charge is -2.44. The van der Waals surface area contributed by atoms with E-state index in [1.165, 1.54) is 44.9 Å². The molecular weight excluding hydrogens is 242 g/mol. The van der Waals surface area contributed by atoms with Gasteiger partial charge in [-0.1, -0.05) is 63.4 Å². The van der Waals surface area contributed by atoms with E-state index < -0.39 is 0 Å². The van der Waals surface area contributed by atoms with Gasteiger partial charge in [-0.05, 0) is 44.2 Å². The third kappa shape index (κ3) is 3.44. The van der Waals surface area contributed by atoms with E-state index >= 15 is 0 Å². The summed E-state index contributed by atoms with van der Waals surface area (Å²) < 4.78 is 0. The molecule has 1 N–H and O–H groups in total. The number of hydrogen-bond acceptors (Lipinski definition) is 1. The standard InChI is InChI=1S/C19H31N/c1-16(2)12-13-18(20-3)19(14-8-5-9-15-19)17-10-6-4-7-11-17/h4,6-7,10-11,16,18,20H,5,8-9,12-15H2,1-3H3. The normalized spacial score (nSPS) is 20.0. The van der Waals surface area contributed by atoms with E-state index in [9.17, 15) is 0 Å². The molecule has 1 fully saturated rings. The maximum atomic E-state index is 3.67. The van der Waals surface area contributed by atoms with Gasteiger partial charge in [0.2, 0.25) is 0 Å². The first-order chi connectivity index (χ1) is 9.69. The smallest absolute Gasteiger partial charge is 0.0161 e. The molecule has 20 heavy (non-hydrogen) atoms. The van der Waals surface area contributed by atoms with Crippen molar-refractivity contribution in [3.63, 3.8) is 0 Å². The van der Waals surface area contributed by atoms with Crippen molar-refractivity contribution in [3.8, 4) is 0 Å². The molecule has 1 aromatic rings. The van der Waals surface area contributed by atoms with Crippen LogP contribution in [0.1, 0.15) is 64.4 Å². The van der Waals surface area contributed by atoms with Gasteiger partial charge in [0, 0.05) is 11.5 Å². The van der Waals surface area contributed by atoms with E-state index in [0.717, 1.165) is 5.92 Å². The molecule has 0 heterocycles. The monoisotopic (exact) mass is 273 g/mol. The molecule has 1 atom stereocenters. The number of hydrogen-bond donors (Lipinski definition) is 1. The van der Waals surface area contributed by atoms with Crippen molar-refractivity contribution in [1.29, 1.82) is 0 Å². The van der Waals surface area contributed by atoms with Crippen LogP contribution >= 0.6 is 0 Å². The largest absolute Gasteiger partial charge is 0.316 e. The van der Waals surface area contributed by atoms with Gasteiger partial charge in [-0.15, -0.1) is 0 Å². The average Bonchev–Trinajstić information content (AvgIpc) is 2.49. The Morgan fingerprint density at radius 1 is 1.00 bits per heavy atom. The quantitative estimate of drug-likeness (QED) is 0.776. The summed E-state index contributed by atoms with van der Waals surface area (Å²) in [5, 5.41) is 3.67. The molecule has 0 amide bonds. The van der Waals surface area contributed by atoms with Crippen LogP contribution in [0.5, 0.6) is 0 Å². The molecule has 1 aromatic carbocycles. The summed E-state index contributed by atoms with van der Waals surface area (Å²) in [5.74, 6) is 0.794. The molecule has 0 aliphatic heterocycles. The van der Waals surface area contributed by atoms with Crippen molar-refractivity contribution < 1.29 is 0 Å². The summed E-state index contributed by atoms with van der Waals surface area (Å²) in [6.45, 7) is 4.67. The third-order valence-corrected chi connectivity index (χ3v) is 5.14. The molecule has 0 bridgehead atoms. The second-order valence-electron chi connectivity index (χ2n) is 6.90. The lowest BCUT2D eigenvalue weighted by atomic mass is 9.63. The number of benzene rings is 1. The fourth-order valence-corrected chi connectivity index (χ4v) is 3.99. The van der Waals surface area contributed by atoms with E-state index in [-0.39, 0.29) is 0 Å². The van der Waals surface area contributed by atoms with Gasteiger partial charge in [-0.25, -0.2) is 0 Å². The number of rotatable bonds is 6. The van der Waals surface area contributed by atoms with E-state index in [1.807, 2.05) is 0 Å². The molecule has 1 heteroatoms. The van der Waals surface area contributed by atoms with Crippen molar-refractivity contribution in [2.24, 2.45) is 5.92 Å². The van der Waals surface area contributed by atoms with Crippen LogP contribution < -0.4 is 5.32 Å². The highest BCUT2D eigenvalue weighted by molar-refractivity contribution is 5.28. The Kier molecular flexibility index (Phi) is 5.65. The van der Waals surface area contributed by atoms with Gasteiger partial charge in [0.25, 0.3) is 0 Å². The van der Waals surface area contributed by atoms with Crippen molar-refractivity contribution in [2.45, 2.75) is 70.3 Å². The number of likely N-dealkylation sites (N-methyl/N-ethyl adjacent to an activating group) is 1. The highest BCUT2D eigenvalue weighted by Crippen LogP contribution is 2.43. The first kappa shape index (κ1) is 15.6. The summed E-state index contributed by atoms with van der Waals surface area (Å²) in [5.41, 5.74) is 1.92. The Balaban J connectivity index is 2.25. The minimum Gasteiger partial charge on any atom is -0.316 e. The first-order valence-corrected chi connectivity index (χ1v) is 8.42.